The summed E-state index contributed by atoms with van der Waals surface area (Å²) in [5, 5.41) is 11.8. The molecular weight excluding hydrogens is 500 g/mol. The van der Waals surface area contributed by atoms with E-state index in [4.69, 9.17) is 33.2 Å². The second kappa shape index (κ2) is 12.7. The Bertz CT molecular complexity index is 917. The zero-order chi connectivity index (χ0) is 28.9. The number of hydrogen-bond donors (Lipinski definition) is 1. The van der Waals surface area contributed by atoms with Gasteiger partial charge in [-0.3, -0.25) is 14.4 Å². The first-order valence-electron chi connectivity index (χ1n) is 12.8. The number of carbonyl (C=O) groups excluding carboxylic acids is 3. The number of esters is 2. The highest BCUT2D eigenvalue weighted by molar-refractivity contribution is 5.98. The quantitative estimate of drug-likeness (QED) is 0.197. The topological polar surface area (TPSA) is 136 Å². The van der Waals surface area contributed by atoms with Gasteiger partial charge in [0.25, 0.3) is 0 Å². The Morgan fingerprint density at radius 3 is 2.03 bits per heavy atom. The maximum absolute atomic E-state index is 13.3. The summed E-state index contributed by atoms with van der Waals surface area (Å²) in [5.41, 5.74) is -1.19. The number of rotatable bonds is 14. The Morgan fingerprint density at radius 1 is 0.974 bits per heavy atom. The van der Waals surface area contributed by atoms with Crippen LogP contribution in [0.25, 0.3) is 0 Å². The van der Waals surface area contributed by atoms with E-state index >= 15 is 0 Å². The summed E-state index contributed by atoms with van der Waals surface area (Å²) < 4.78 is 39.8. The van der Waals surface area contributed by atoms with Crippen molar-refractivity contribution in [3.8, 4) is 0 Å². The maximum atomic E-state index is 13.3. The lowest BCUT2D eigenvalue weighted by molar-refractivity contribution is -0.222. The summed E-state index contributed by atoms with van der Waals surface area (Å²) in [4.78, 5) is 37.6. The lowest BCUT2D eigenvalue weighted by Gasteiger charge is -2.40. The van der Waals surface area contributed by atoms with Gasteiger partial charge in [0.1, 0.15) is 5.60 Å². The van der Waals surface area contributed by atoms with Crippen LogP contribution in [0.5, 0.6) is 0 Å². The molecule has 2 aliphatic heterocycles. The number of hydrogen-bond acceptors (Lipinski definition) is 11. The van der Waals surface area contributed by atoms with Crippen LogP contribution < -0.4 is 0 Å². The summed E-state index contributed by atoms with van der Waals surface area (Å²) in [5.74, 6) is -5.09. The summed E-state index contributed by atoms with van der Waals surface area (Å²) in [7, 11) is 0. The van der Waals surface area contributed by atoms with Crippen molar-refractivity contribution in [2.75, 3.05) is 26.4 Å². The van der Waals surface area contributed by atoms with Crippen LogP contribution in [0.15, 0.2) is 24.5 Å². The van der Waals surface area contributed by atoms with Crippen molar-refractivity contribution in [1.29, 1.82) is 0 Å². The number of ether oxygens (including phenoxy) is 7. The molecule has 0 amide bonds. The van der Waals surface area contributed by atoms with Crippen molar-refractivity contribution in [1.82, 2.24) is 0 Å². The molecule has 2 aliphatic rings. The molecule has 0 bridgehead atoms. The molecule has 0 aromatic heterocycles. The zero-order valence-electron chi connectivity index (χ0n) is 23.5. The Balaban J connectivity index is 2.42. The third kappa shape index (κ3) is 7.86. The van der Waals surface area contributed by atoms with E-state index in [1.165, 1.54) is 6.92 Å². The van der Waals surface area contributed by atoms with E-state index in [0.717, 1.165) is 0 Å². The number of Topliss-reactive ketones (excluding diaryl/α,β-unsaturated/α-hetero) is 1. The molecule has 0 radical (unpaired) electrons. The number of aliphatic hydroxyl groups excluding tert-OH is 1. The lowest BCUT2D eigenvalue weighted by atomic mass is 9.79. The number of aliphatic hydroxyl groups is 1. The molecule has 2 heterocycles. The van der Waals surface area contributed by atoms with Gasteiger partial charge in [-0.05, 0) is 54.0 Å². The van der Waals surface area contributed by atoms with Gasteiger partial charge in [0, 0.05) is 0 Å². The second-order valence-corrected chi connectivity index (χ2v) is 10.3. The third-order valence-corrected chi connectivity index (χ3v) is 6.38. The van der Waals surface area contributed by atoms with E-state index in [9.17, 15) is 19.5 Å². The molecule has 38 heavy (non-hydrogen) atoms. The second-order valence-electron chi connectivity index (χ2n) is 10.3. The summed E-state index contributed by atoms with van der Waals surface area (Å²) in [6, 6.07) is 0. The fourth-order valence-electron chi connectivity index (χ4n) is 4.70. The maximum Gasteiger partial charge on any atom is 0.311 e. The molecular formula is C27H42O11. The Kier molecular flexibility index (Phi) is 10.7. The molecule has 11 nitrogen and oxygen atoms in total. The Morgan fingerprint density at radius 2 is 1.53 bits per heavy atom. The largest absolute Gasteiger partial charge is 0.487 e. The average Bonchev–Trinajstić information content (AvgIpc) is 3.32. The highest BCUT2D eigenvalue weighted by Crippen LogP contribution is 2.43. The molecule has 2 saturated heterocycles. The minimum atomic E-state index is -1.42. The molecule has 2 rings (SSSR count). The minimum Gasteiger partial charge on any atom is -0.487 e. The third-order valence-electron chi connectivity index (χ3n) is 6.38. The molecule has 11 heteroatoms. The van der Waals surface area contributed by atoms with Gasteiger partial charge in [-0.2, -0.15) is 0 Å². The molecule has 0 aromatic rings. The highest BCUT2D eigenvalue weighted by Gasteiger charge is 2.58. The first-order valence-corrected chi connectivity index (χ1v) is 12.8. The molecule has 5 unspecified atom stereocenters. The van der Waals surface area contributed by atoms with Gasteiger partial charge in [0.05, 0.1) is 63.2 Å². The van der Waals surface area contributed by atoms with Crippen LogP contribution in [0.4, 0.5) is 0 Å². The van der Waals surface area contributed by atoms with Crippen LogP contribution in [0.1, 0.15) is 61.3 Å². The zero-order valence-corrected chi connectivity index (χ0v) is 23.5. The van der Waals surface area contributed by atoms with Crippen LogP contribution in [-0.4, -0.2) is 84.7 Å². The summed E-state index contributed by atoms with van der Waals surface area (Å²) >= 11 is 0. The molecule has 0 aliphatic carbocycles. The van der Waals surface area contributed by atoms with Crippen LogP contribution in [-0.2, 0) is 47.5 Å². The molecule has 0 aromatic carbocycles. The van der Waals surface area contributed by atoms with E-state index in [2.05, 4.69) is 13.2 Å². The lowest BCUT2D eigenvalue weighted by Crippen LogP contribution is -2.57. The van der Waals surface area contributed by atoms with Gasteiger partial charge in [-0.25, -0.2) is 0 Å². The van der Waals surface area contributed by atoms with Gasteiger partial charge in [0.2, 0.25) is 0 Å². The number of allylic oxidation sites excluding steroid dienone is 1. The van der Waals surface area contributed by atoms with Gasteiger partial charge >= 0.3 is 11.9 Å². The fraction of sp³-hybridized carbons (Fsp3) is 0.741. The standard InChI is InChI=1S/C27H42O11/c1-10-32-19(28)12-26(8)34-14-18(37-26)21(23(36-17(5)6)22(30)16(3)4)24(31)25(7)15-35-27(9,38-25)13-20(29)33-11-2/h18,21,23-24,31H,3,5,10-15H2,1-2,4,6-9H3/t18?,21-,23?,24-,25?,26?,27?/m0/s1. The van der Waals surface area contributed by atoms with Gasteiger partial charge in [-0.15, -0.1) is 0 Å². The van der Waals surface area contributed by atoms with Crippen molar-refractivity contribution < 1.29 is 52.6 Å². The SMILES string of the molecule is C=C(C)OC(C(=O)C(=C)C)[C@H](C1COC(C)(CC(=O)OCC)O1)[C@H](O)C1(C)COC(C)(CC(=O)OCC)O1. The van der Waals surface area contributed by atoms with Gasteiger partial charge in [0.15, 0.2) is 23.5 Å². The van der Waals surface area contributed by atoms with E-state index in [1.807, 2.05) is 0 Å². The predicted octanol–water partition coefficient (Wildman–Crippen LogP) is 2.59. The fourth-order valence-corrected chi connectivity index (χ4v) is 4.70. The number of carbonyl (C=O) groups is 3. The summed E-state index contributed by atoms with van der Waals surface area (Å²) in [6.07, 6.45) is -4.00. The Labute approximate surface area is 224 Å². The first-order chi connectivity index (χ1) is 17.6. The van der Waals surface area contributed by atoms with Crippen molar-refractivity contribution >= 4 is 17.7 Å². The molecule has 0 spiro atoms. The highest BCUT2D eigenvalue weighted by atomic mass is 16.8. The van der Waals surface area contributed by atoms with E-state index in [0.29, 0.717) is 0 Å². The number of ketones is 1. The van der Waals surface area contributed by atoms with Crippen molar-refractivity contribution in [2.45, 2.75) is 96.8 Å². The monoisotopic (exact) mass is 542 g/mol. The molecule has 2 fully saturated rings. The van der Waals surface area contributed by atoms with Crippen LogP contribution >= 0.6 is 0 Å². The van der Waals surface area contributed by atoms with E-state index in [1.54, 1.807) is 41.5 Å². The minimum absolute atomic E-state index is 0.0613. The molecule has 216 valence electrons. The smallest absolute Gasteiger partial charge is 0.311 e. The Hall–Kier alpha value is -2.31. The van der Waals surface area contributed by atoms with Gasteiger partial charge < -0.3 is 38.3 Å². The molecule has 1 N–H and O–H groups in total. The average molecular weight is 543 g/mol. The van der Waals surface area contributed by atoms with Crippen LogP contribution in [0.2, 0.25) is 0 Å². The van der Waals surface area contributed by atoms with Crippen LogP contribution in [0, 0.1) is 5.92 Å². The predicted molar refractivity (Wildman–Crippen MR) is 135 cm³/mol. The molecule has 0 saturated carbocycles. The molecule has 7 atom stereocenters. The van der Waals surface area contributed by atoms with E-state index < -0.39 is 59.1 Å². The normalized spacial score (nSPS) is 31.2. The first kappa shape index (κ1) is 31.9. The van der Waals surface area contributed by atoms with Gasteiger partial charge in [-0.1, -0.05) is 13.2 Å². The van der Waals surface area contributed by atoms with Crippen molar-refractivity contribution in [3.05, 3.63) is 24.5 Å². The summed E-state index contributed by atoms with van der Waals surface area (Å²) in [6.45, 7) is 19.0. The van der Waals surface area contributed by atoms with Crippen LogP contribution in [0.3, 0.4) is 0 Å². The van der Waals surface area contributed by atoms with E-state index in [-0.39, 0.29) is 50.6 Å². The van der Waals surface area contributed by atoms with Crippen molar-refractivity contribution in [2.24, 2.45) is 5.92 Å². The van der Waals surface area contributed by atoms with Crippen molar-refractivity contribution in [3.63, 3.8) is 0 Å².